The number of hydrogen-bond acceptors (Lipinski definition) is 3. The van der Waals surface area contributed by atoms with E-state index in [2.05, 4.69) is 11.4 Å². The molecule has 1 aliphatic carbocycles. The molecule has 0 spiro atoms. The highest BCUT2D eigenvalue weighted by molar-refractivity contribution is 5.33. The molecule has 3 rings (SSSR count). The molecular formula is C12H20N4. The summed E-state index contributed by atoms with van der Waals surface area (Å²) < 4.78 is 2.04. The third-order valence-corrected chi connectivity index (χ3v) is 3.92. The molecule has 1 aliphatic heterocycles. The van der Waals surface area contributed by atoms with E-state index in [4.69, 9.17) is 10.8 Å². The summed E-state index contributed by atoms with van der Waals surface area (Å²) in [5.74, 6) is 1.52. The summed E-state index contributed by atoms with van der Waals surface area (Å²) in [6.45, 7) is 2.14. The lowest BCUT2D eigenvalue weighted by Crippen LogP contribution is -2.32. The summed E-state index contributed by atoms with van der Waals surface area (Å²) in [5, 5.41) is 8.12. The molecule has 1 atom stereocenters. The van der Waals surface area contributed by atoms with Gasteiger partial charge in [0.15, 0.2) is 0 Å². The molecule has 0 radical (unpaired) electrons. The molecule has 1 unspecified atom stereocenters. The Morgan fingerprint density at radius 2 is 2.19 bits per heavy atom. The van der Waals surface area contributed by atoms with Crippen LogP contribution in [0.1, 0.15) is 49.8 Å². The zero-order chi connectivity index (χ0) is 11.0. The van der Waals surface area contributed by atoms with Gasteiger partial charge in [0, 0.05) is 18.5 Å². The van der Waals surface area contributed by atoms with Crippen molar-refractivity contribution in [3.05, 3.63) is 11.8 Å². The van der Waals surface area contributed by atoms with Crippen LogP contribution in [-0.4, -0.2) is 22.9 Å². The van der Waals surface area contributed by atoms with Crippen molar-refractivity contribution < 1.29 is 0 Å². The van der Waals surface area contributed by atoms with Crippen LogP contribution < -0.4 is 11.1 Å². The Kier molecular flexibility index (Phi) is 2.59. The maximum Gasteiger partial charge on any atom is 0.122 e. The summed E-state index contributed by atoms with van der Waals surface area (Å²) in [4.78, 5) is 0. The molecule has 2 fully saturated rings. The Morgan fingerprint density at radius 1 is 1.31 bits per heavy atom. The van der Waals surface area contributed by atoms with E-state index in [0.29, 0.717) is 12.0 Å². The van der Waals surface area contributed by atoms with E-state index in [1.807, 2.05) is 4.68 Å². The van der Waals surface area contributed by atoms with E-state index in [1.54, 1.807) is 0 Å². The molecule has 0 aromatic carbocycles. The van der Waals surface area contributed by atoms with Crippen molar-refractivity contribution in [1.82, 2.24) is 15.1 Å². The molecule has 4 heteroatoms. The third kappa shape index (κ3) is 1.71. The third-order valence-electron chi connectivity index (χ3n) is 3.92. The number of nitrogens with zero attached hydrogens (tertiary/aromatic N) is 2. The van der Waals surface area contributed by atoms with Crippen LogP contribution >= 0.6 is 0 Å². The van der Waals surface area contributed by atoms with Gasteiger partial charge < -0.3 is 11.1 Å². The maximum atomic E-state index is 6.06. The van der Waals surface area contributed by atoms with Gasteiger partial charge in [-0.1, -0.05) is 6.42 Å². The molecule has 2 aliphatic rings. The molecule has 2 heterocycles. The van der Waals surface area contributed by atoms with Crippen LogP contribution in [0.5, 0.6) is 0 Å². The minimum absolute atomic E-state index is 0.461. The highest BCUT2D eigenvalue weighted by atomic mass is 15.3. The summed E-state index contributed by atoms with van der Waals surface area (Å²) in [6.07, 6.45) is 6.35. The van der Waals surface area contributed by atoms with Gasteiger partial charge >= 0.3 is 0 Å². The molecule has 16 heavy (non-hydrogen) atoms. The number of nitrogens with two attached hydrogens (primary N) is 1. The van der Waals surface area contributed by atoms with Gasteiger partial charge in [0.25, 0.3) is 0 Å². The smallest absolute Gasteiger partial charge is 0.122 e. The fourth-order valence-electron chi connectivity index (χ4n) is 2.67. The first-order valence-corrected chi connectivity index (χ1v) is 6.40. The normalized spacial score (nSPS) is 26.6. The van der Waals surface area contributed by atoms with Crippen molar-refractivity contribution in [2.24, 2.45) is 0 Å². The monoisotopic (exact) mass is 220 g/mol. The number of nitrogens with one attached hydrogen (secondary N) is 1. The topological polar surface area (TPSA) is 55.9 Å². The second-order valence-electron chi connectivity index (χ2n) is 5.07. The van der Waals surface area contributed by atoms with Crippen LogP contribution in [0.3, 0.4) is 0 Å². The lowest BCUT2D eigenvalue weighted by molar-refractivity contribution is 0.341. The zero-order valence-electron chi connectivity index (χ0n) is 9.65. The van der Waals surface area contributed by atoms with Gasteiger partial charge in [0.2, 0.25) is 0 Å². The lowest BCUT2D eigenvalue weighted by Gasteiger charge is -2.25. The molecule has 0 amide bonds. The Morgan fingerprint density at radius 3 is 2.81 bits per heavy atom. The molecule has 1 aromatic heterocycles. The summed E-state index contributed by atoms with van der Waals surface area (Å²) in [7, 11) is 0. The van der Waals surface area contributed by atoms with E-state index in [0.717, 1.165) is 18.9 Å². The van der Waals surface area contributed by atoms with E-state index < -0.39 is 0 Å². The number of nitrogen functional groups attached to an aromatic ring is 1. The van der Waals surface area contributed by atoms with Gasteiger partial charge in [-0.05, 0) is 32.2 Å². The van der Waals surface area contributed by atoms with Crippen molar-refractivity contribution >= 4 is 5.82 Å². The van der Waals surface area contributed by atoms with Crippen LogP contribution in [0.2, 0.25) is 0 Å². The van der Waals surface area contributed by atoms with Crippen molar-refractivity contribution in [2.75, 3.05) is 18.8 Å². The van der Waals surface area contributed by atoms with Crippen molar-refractivity contribution in [3.63, 3.8) is 0 Å². The van der Waals surface area contributed by atoms with Crippen LogP contribution in [0.15, 0.2) is 6.07 Å². The Labute approximate surface area is 96.2 Å². The van der Waals surface area contributed by atoms with Crippen molar-refractivity contribution in [3.8, 4) is 0 Å². The van der Waals surface area contributed by atoms with Crippen LogP contribution in [0, 0.1) is 0 Å². The predicted molar refractivity (Wildman–Crippen MR) is 64.4 cm³/mol. The first kappa shape index (κ1) is 10.1. The minimum Gasteiger partial charge on any atom is -0.384 e. The van der Waals surface area contributed by atoms with Gasteiger partial charge in [0.05, 0.1) is 11.7 Å². The zero-order valence-corrected chi connectivity index (χ0v) is 9.65. The van der Waals surface area contributed by atoms with Gasteiger partial charge in [0.1, 0.15) is 5.82 Å². The fraction of sp³-hybridized carbons (Fsp3) is 0.750. The Balaban J connectivity index is 1.79. The Hall–Kier alpha value is -1.03. The second kappa shape index (κ2) is 4.09. The average molecular weight is 220 g/mol. The number of rotatable bonds is 2. The average Bonchev–Trinajstić information content (AvgIpc) is 2.59. The molecule has 4 nitrogen and oxygen atoms in total. The molecule has 1 saturated carbocycles. The molecule has 1 aromatic rings. The second-order valence-corrected chi connectivity index (χ2v) is 5.07. The van der Waals surface area contributed by atoms with Crippen LogP contribution in [0.25, 0.3) is 0 Å². The minimum atomic E-state index is 0.461. The summed E-state index contributed by atoms with van der Waals surface area (Å²) in [6, 6.07) is 2.54. The number of hydrogen-bond donors (Lipinski definition) is 2. The highest BCUT2D eigenvalue weighted by Gasteiger charge is 2.25. The molecule has 3 N–H and O–H groups in total. The largest absolute Gasteiger partial charge is 0.384 e. The highest BCUT2D eigenvalue weighted by Crippen LogP contribution is 2.36. The summed E-state index contributed by atoms with van der Waals surface area (Å²) in [5.41, 5.74) is 7.28. The number of piperidine rings is 1. The van der Waals surface area contributed by atoms with E-state index in [9.17, 15) is 0 Å². The summed E-state index contributed by atoms with van der Waals surface area (Å²) >= 11 is 0. The van der Waals surface area contributed by atoms with Crippen LogP contribution in [0.4, 0.5) is 5.82 Å². The van der Waals surface area contributed by atoms with E-state index >= 15 is 0 Å². The maximum absolute atomic E-state index is 6.06. The predicted octanol–water partition coefficient (Wildman–Crippen LogP) is 1.66. The first-order chi connectivity index (χ1) is 7.84. The van der Waals surface area contributed by atoms with E-state index in [1.165, 1.54) is 37.8 Å². The first-order valence-electron chi connectivity index (χ1n) is 6.40. The standard InChI is InChI=1S/C12H20N4/c13-12-7-11(9-3-1-4-9)15-16(12)10-5-2-6-14-8-10/h7,9-10,14H,1-6,8,13H2. The van der Waals surface area contributed by atoms with Crippen molar-refractivity contribution in [1.29, 1.82) is 0 Å². The lowest BCUT2D eigenvalue weighted by atomic mass is 9.83. The van der Waals surface area contributed by atoms with Gasteiger partial charge in [-0.2, -0.15) is 5.10 Å². The quantitative estimate of drug-likeness (QED) is 0.797. The molecule has 88 valence electrons. The molecule has 1 saturated heterocycles. The van der Waals surface area contributed by atoms with Crippen LogP contribution in [-0.2, 0) is 0 Å². The molecule has 0 bridgehead atoms. The number of anilines is 1. The SMILES string of the molecule is Nc1cc(C2CCC2)nn1C1CCCNC1. The Bertz CT molecular complexity index is 361. The van der Waals surface area contributed by atoms with Gasteiger partial charge in [-0.3, -0.25) is 0 Å². The van der Waals surface area contributed by atoms with Crippen molar-refractivity contribution in [2.45, 2.75) is 44.1 Å². The fourth-order valence-corrected chi connectivity index (χ4v) is 2.67. The van der Waals surface area contributed by atoms with Gasteiger partial charge in [-0.25, -0.2) is 4.68 Å². The van der Waals surface area contributed by atoms with E-state index in [-0.39, 0.29) is 0 Å². The number of aromatic nitrogens is 2. The van der Waals surface area contributed by atoms with Gasteiger partial charge in [-0.15, -0.1) is 0 Å². The molecular weight excluding hydrogens is 200 g/mol.